The topological polar surface area (TPSA) is 98.5 Å². The van der Waals surface area contributed by atoms with E-state index in [4.69, 9.17) is 9.88 Å². The van der Waals surface area contributed by atoms with Crippen LogP contribution in [0.5, 0.6) is 5.75 Å². The van der Waals surface area contributed by atoms with Gasteiger partial charge in [0.2, 0.25) is 10.0 Å². The predicted octanol–water partition coefficient (Wildman–Crippen LogP) is 0.0534. The maximum Gasteiger partial charge on any atom is 0.265 e. The summed E-state index contributed by atoms with van der Waals surface area (Å²) < 4.78 is 27.4. The highest BCUT2D eigenvalue weighted by Gasteiger charge is 2.24. The molecule has 1 aliphatic rings. The second-order valence-electron chi connectivity index (χ2n) is 3.45. The number of primary sulfonamides is 1. The van der Waals surface area contributed by atoms with Crippen molar-refractivity contribution < 1.29 is 17.9 Å². The summed E-state index contributed by atoms with van der Waals surface area (Å²) in [7, 11) is -3.77. The zero-order chi connectivity index (χ0) is 11.9. The minimum Gasteiger partial charge on any atom is -0.479 e. The number of ether oxygens (including phenoxy) is 1. The van der Waals surface area contributed by atoms with Gasteiger partial charge < -0.3 is 10.1 Å². The Balaban J connectivity index is 2.48. The number of hydrogen-bond acceptors (Lipinski definition) is 4. The Labute approximate surface area is 92.4 Å². The van der Waals surface area contributed by atoms with Gasteiger partial charge in [-0.2, -0.15) is 0 Å². The van der Waals surface area contributed by atoms with Crippen LogP contribution in [0, 0.1) is 0 Å². The first-order valence-corrected chi connectivity index (χ1v) is 6.07. The van der Waals surface area contributed by atoms with Gasteiger partial charge in [0.05, 0.1) is 10.6 Å². The van der Waals surface area contributed by atoms with Crippen molar-refractivity contribution in [3.63, 3.8) is 0 Å². The number of fused-ring (bicyclic) bond motifs is 1. The number of amides is 1. The lowest BCUT2D eigenvalue weighted by molar-refractivity contribution is -0.122. The van der Waals surface area contributed by atoms with Crippen LogP contribution < -0.4 is 15.2 Å². The van der Waals surface area contributed by atoms with Crippen molar-refractivity contribution in [3.05, 3.63) is 18.2 Å². The van der Waals surface area contributed by atoms with E-state index in [0.717, 1.165) is 0 Å². The van der Waals surface area contributed by atoms with E-state index in [9.17, 15) is 13.2 Å². The van der Waals surface area contributed by atoms with Crippen LogP contribution >= 0.6 is 0 Å². The van der Waals surface area contributed by atoms with Gasteiger partial charge in [0, 0.05) is 0 Å². The van der Waals surface area contributed by atoms with Gasteiger partial charge >= 0.3 is 0 Å². The van der Waals surface area contributed by atoms with E-state index in [1.807, 2.05) is 0 Å². The van der Waals surface area contributed by atoms with Crippen LogP contribution in [0.2, 0.25) is 0 Å². The van der Waals surface area contributed by atoms with Crippen molar-refractivity contribution in [2.45, 2.75) is 17.9 Å². The molecule has 0 bridgehead atoms. The van der Waals surface area contributed by atoms with Crippen LogP contribution in [0.1, 0.15) is 6.92 Å². The van der Waals surface area contributed by atoms with E-state index in [0.29, 0.717) is 11.4 Å². The maximum absolute atomic E-state index is 11.3. The minimum absolute atomic E-state index is 0.0651. The van der Waals surface area contributed by atoms with E-state index in [-0.39, 0.29) is 10.8 Å². The quantitative estimate of drug-likeness (QED) is 0.727. The lowest BCUT2D eigenvalue weighted by Crippen LogP contribution is -2.34. The van der Waals surface area contributed by atoms with Gasteiger partial charge in [0.25, 0.3) is 5.91 Å². The molecule has 0 saturated carbocycles. The lowest BCUT2D eigenvalue weighted by atomic mass is 10.2. The molecule has 1 amide bonds. The smallest absolute Gasteiger partial charge is 0.265 e. The molecule has 86 valence electrons. The normalized spacial score (nSPS) is 19.6. The Kier molecular flexibility index (Phi) is 2.36. The third-order valence-electron chi connectivity index (χ3n) is 2.21. The molecule has 1 atom stereocenters. The summed E-state index contributed by atoms with van der Waals surface area (Å²) in [5.74, 6) is 0.110. The first kappa shape index (κ1) is 10.9. The molecule has 0 aromatic heterocycles. The van der Waals surface area contributed by atoms with Crippen LogP contribution in [0.25, 0.3) is 0 Å². The third kappa shape index (κ3) is 1.86. The Morgan fingerprint density at radius 2 is 2.12 bits per heavy atom. The SMILES string of the molecule is CC1Oc2ccc(S(N)(=O)=O)cc2NC1=O. The van der Waals surface area contributed by atoms with Gasteiger partial charge in [-0.3, -0.25) is 4.79 Å². The third-order valence-corrected chi connectivity index (χ3v) is 3.12. The van der Waals surface area contributed by atoms with Crippen molar-refractivity contribution in [2.24, 2.45) is 5.14 Å². The van der Waals surface area contributed by atoms with Crippen LogP contribution in [-0.4, -0.2) is 20.4 Å². The minimum atomic E-state index is -3.77. The number of nitrogens with two attached hydrogens (primary N) is 1. The summed E-state index contributed by atoms with van der Waals surface area (Å²) in [4.78, 5) is 11.2. The summed E-state index contributed by atoms with van der Waals surface area (Å²) in [6.07, 6.45) is -0.590. The lowest BCUT2D eigenvalue weighted by Gasteiger charge is -2.23. The number of anilines is 1. The number of carbonyl (C=O) groups excluding carboxylic acids is 1. The Morgan fingerprint density at radius 3 is 2.75 bits per heavy atom. The molecule has 0 saturated heterocycles. The summed E-state index contributed by atoms with van der Waals surface area (Å²) in [6, 6.07) is 4.07. The van der Waals surface area contributed by atoms with Crippen molar-refractivity contribution >= 4 is 21.6 Å². The summed E-state index contributed by atoms with van der Waals surface area (Å²) in [5.41, 5.74) is 0.314. The molecule has 6 nitrogen and oxygen atoms in total. The first-order valence-electron chi connectivity index (χ1n) is 4.52. The van der Waals surface area contributed by atoms with E-state index >= 15 is 0 Å². The van der Waals surface area contributed by atoms with Crippen molar-refractivity contribution in [1.29, 1.82) is 0 Å². The van der Waals surface area contributed by atoms with E-state index < -0.39 is 16.1 Å². The maximum atomic E-state index is 11.3. The van der Waals surface area contributed by atoms with Gasteiger partial charge in [-0.15, -0.1) is 0 Å². The second kappa shape index (κ2) is 3.46. The van der Waals surface area contributed by atoms with Gasteiger partial charge in [-0.25, -0.2) is 13.6 Å². The average molecular weight is 242 g/mol. The number of nitrogens with one attached hydrogen (secondary N) is 1. The summed E-state index contributed by atoms with van der Waals surface area (Å²) in [5, 5.41) is 7.51. The molecule has 1 heterocycles. The highest BCUT2D eigenvalue weighted by atomic mass is 32.2. The predicted molar refractivity (Wildman–Crippen MR) is 56.5 cm³/mol. The number of hydrogen-bond donors (Lipinski definition) is 2. The molecule has 0 radical (unpaired) electrons. The van der Waals surface area contributed by atoms with Gasteiger partial charge in [0.15, 0.2) is 6.10 Å². The standard InChI is InChI=1S/C9H10N2O4S/c1-5-9(12)11-7-4-6(16(10,13)14)2-3-8(7)15-5/h2-5H,1H3,(H,11,12)(H2,10,13,14). The van der Waals surface area contributed by atoms with Gasteiger partial charge in [-0.05, 0) is 25.1 Å². The fourth-order valence-corrected chi connectivity index (χ4v) is 1.90. The largest absolute Gasteiger partial charge is 0.479 e. The summed E-state index contributed by atoms with van der Waals surface area (Å²) in [6.45, 7) is 1.60. The molecular formula is C9H10N2O4S. The molecule has 1 unspecified atom stereocenters. The Hall–Kier alpha value is -1.60. The molecule has 0 spiro atoms. The molecule has 1 aliphatic heterocycles. The van der Waals surface area contributed by atoms with Crippen LogP contribution in [0.4, 0.5) is 5.69 Å². The van der Waals surface area contributed by atoms with Crippen LogP contribution in [0.15, 0.2) is 23.1 Å². The fourth-order valence-electron chi connectivity index (χ4n) is 1.36. The van der Waals surface area contributed by atoms with Crippen LogP contribution in [-0.2, 0) is 14.8 Å². The highest BCUT2D eigenvalue weighted by molar-refractivity contribution is 7.89. The highest BCUT2D eigenvalue weighted by Crippen LogP contribution is 2.31. The molecule has 16 heavy (non-hydrogen) atoms. The molecule has 1 aromatic rings. The molecule has 1 aromatic carbocycles. The molecule has 7 heteroatoms. The molecule has 0 aliphatic carbocycles. The number of carbonyl (C=O) groups is 1. The van der Waals surface area contributed by atoms with Crippen molar-refractivity contribution in [2.75, 3.05) is 5.32 Å². The number of sulfonamides is 1. The molecule has 3 N–H and O–H groups in total. The molecule has 2 rings (SSSR count). The van der Waals surface area contributed by atoms with Crippen molar-refractivity contribution in [1.82, 2.24) is 0 Å². The van der Waals surface area contributed by atoms with E-state index in [1.54, 1.807) is 6.92 Å². The first-order chi connectivity index (χ1) is 7.38. The Morgan fingerprint density at radius 1 is 1.44 bits per heavy atom. The zero-order valence-electron chi connectivity index (χ0n) is 8.43. The van der Waals surface area contributed by atoms with E-state index in [2.05, 4.69) is 5.32 Å². The van der Waals surface area contributed by atoms with E-state index in [1.165, 1.54) is 18.2 Å². The second-order valence-corrected chi connectivity index (χ2v) is 5.01. The Bertz CT molecular complexity index is 553. The van der Waals surface area contributed by atoms with Gasteiger partial charge in [-0.1, -0.05) is 0 Å². The number of benzene rings is 1. The molecular weight excluding hydrogens is 232 g/mol. The van der Waals surface area contributed by atoms with Crippen LogP contribution in [0.3, 0.4) is 0 Å². The number of rotatable bonds is 1. The molecule has 0 fully saturated rings. The fraction of sp³-hybridized carbons (Fsp3) is 0.222. The van der Waals surface area contributed by atoms with Crippen molar-refractivity contribution in [3.8, 4) is 5.75 Å². The monoisotopic (exact) mass is 242 g/mol. The zero-order valence-corrected chi connectivity index (χ0v) is 9.24. The average Bonchev–Trinajstić information content (AvgIpc) is 2.17. The van der Waals surface area contributed by atoms with Gasteiger partial charge in [0.1, 0.15) is 5.75 Å². The summed E-state index contributed by atoms with van der Waals surface area (Å²) >= 11 is 0.